The SMILES string of the molecule is CCc1ccc2c(c1)C(=CCCN1CCC(O)(c3ccc(Cl)cc3)CC1)c1cccnc1CO2. The first-order chi connectivity index (χ1) is 16.6. The fourth-order valence-corrected chi connectivity index (χ4v) is 5.16. The predicted octanol–water partition coefficient (Wildman–Crippen LogP) is 6.00. The molecule has 0 spiro atoms. The third-order valence-electron chi connectivity index (χ3n) is 7.15. The van der Waals surface area contributed by atoms with Crippen LogP contribution in [0.1, 0.15) is 54.1 Å². The smallest absolute Gasteiger partial charge is 0.131 e. The van der Waals surface area contributed by atoms with Gasteiger partial charge in [0.25, 0.3) is 0 Å². The summed E-state index contributed by atoms with van der Waals surface area (Å²) in [4.78, 5) is 7.04. The van der Waals surface area contributed by atoms with Crippen molar-refractivity contribution in [2.75, 3.05) is 19.6 Å². The minimum absolute atomic E-state index is 0.487. The van der Waals surface area contributed by atoms with Gasteiger partial charge in [-0.05, 0) is 72.7 Å². The number of halogens is 1. The summed E-state index contributed by atoms with van der Waals surface area (Å²) < 4.78 is 6.12. The van der Waals surface area contributed by atoms with Crippen molar-refractivity contribution in [2.45, 2.75) is 44.8 Å². The van der Waals surface area contributed by atoms with Gasteiger partial charge in [-0.25, -0.2) is 0 Å². The highest BCUT2D eigenvalue weighted by Crippen LogP contribution is 2.37. The number of hydrogen-bond acceptors (Lipinski definition) is 4. The average molecular weight is 475 g/mol. The molecule has 0 bridgehead atoms. The van der Waals surface area contributed by atoms with E-state index in [1.54, 1.807) is 0 Å². The molecule has 1 aromatic heterocycles. The number of benzene rings is 2. The van der Waals surface area contributed by atoms with E-state index in [4.69, 9.17) is 16.3 Å². The van der Waals surface area contributed by atoms with Gasteiger partial charge in [0.05, 0.1) is 11.3 Å². The van der Waals surface area contributed by atoms with Crippen molar-refractivity contribution in [1.82, 2.24) is 9.88 Å². The highest BCUT2D eigenvalue weighted by atomic mass is 35.5. The number of ether oxygens (including phenoxy) is 1. The summed E-state index contributed by atoms with van der Waals surface area (Å²) in [7, 11) is 0. The molecule has 34 heavy (non-hydrogen) atoms. The largest absolute Gasteiger partial charge is 0.487 e. The van der Waals surface area contributed by atoms with Gasteiger partial charge in [0.1, 0.15) is 12.4 Å². The normalized spacial score (nSPS) is 18.6. The summed E-state index contributed by atoms with van der Waals surface area (Å²) >= 11 is 6.02. The Kier molecular flexibility index (Phi) is 6.73. The molecular weight excluding hydrogens is 444 g/mol. The zero-order chi connectivity index (χ0) is 23.5. The van der Waals surface area contributed by atoms with E-state index in [2.05, 4.69) is 47.1 Å². The van der Waals surface area contributed by atoms with Crippen LogP contribution >= 0.6 is 11.6 Å². The van der Waals surface area contributed by atoms with Gasteiger partial charge in [-0.2, -0.15) is 0 Å². The number of piperidine rings is 1. The van der Waals surface area contributed by atoms with Crippen LogP contribution in [0, 0.1) is 0 Å². The molecule has 3 heterocycles. The van der Waals surface area contributed by atoms with Gasteiger partial charge >= 0.3 is 0 Å². The van der Waals surface area contributed by atoms with Crippen molar-refractivity contribution < 1.29 is 9.84 Å². The van der Waals surface area contributed by atoms with Gasteiger partial charge in [0.2, 0.25) is 0 Å². The van der Waals surface area contributed by atoms with E-state index in [1.807, 2.05) is 36.5 Å². The molecule has 1 N–H and O–H groups in total. The molecule has 5 rings (SSSR count). The number of pyridine rings is 1. The van der Waals surface area contributed by atoms with Crippen LogP contribution in [0.5, 0.6) is 5.75 Å². The number of nitrogens with zero attached hydrogens (tertiary/aromatic N) is 2. The first-order valence-electron chi connectivity index (χ1n) is 12.2. The molecule has 0 radical (unpaired) electrons. The molecule has 2 aromatic carbocycles. The van der Waals surface area contributed by atoms with Crippen LogP contribution in [0.15, 0.2) is 66.9 Å². The van der Waals surface area contributed by atoms with E-state index < -0.39 is 5.60 Å². The second-order valence-corrected chi connectivity index (χ2v) is 9.69. The fraction of sp³-hybridized carbons (Fsp3) is 0.345. The number of aliphatic hydroxyl groups is 1. The Hall–Kier alpha value is -2.66. The molecule has 1 fully saturated rings. The molecule has 5 heteroatoms. The van der Waals surface area contributed by atoms with Crippen LogP contribution in [0.25, 0.3) is 5.57 Å². The summed E-state index contributed by atoms with van der Waals surface area (Å²) in [6.45, 7) is 5.38. The highest BCUT2D eigenvalue weighted by molar-refractivity contribution is 6.30. The fourth-order valence-electron chi connectivity index (χ4n) is 5.03. The Morgan fingerprint density at radius 2 is 1.88 bits per heavy atom. The maximum Gasteiger partial charge on any atom is 0.131 e. The van der Waals surface area contributed by atoms with Crippen LogP contribution < -0.4 is 4.74 Å². The number of fused-ring (bicyclic) bond motifs is 2. The maximum absolute atomic E-state index is 11.2. The number of aromatic nitrogens is 1. The summed E-state index contributed by atoms with van der Waals surface area (Å²) in [5.74, 6) is 0.924. The standard InChI is InChI=1S/C29H31ClN2O2/c1-2-21-7-12-28-26(19-21)24(25-5-3-15-31-27(25)20-34-28)6-4-16-32-17-13-29(33,14-18-32)22-8-10-23(30)11-9-22/h3,5-12,15,19,33H,2,4,13-14,16-18,20H2,1H3. The zero-order valence-electron chi connectivity index (χ0n) is 19.6. The van der Waals surface area contributed by atoms with Crippen LogP contribution in [-0.4, -0.2) is 34.6 Å². The second kappa shape index (κ2) is 9.91. The summed E-state index contributed by atoms with van der Waals surface area (Å²) in [6.07, 6.45) is 7.56. The van der Waals surface area contributed by atoms with Crippen LogP contribution in [0.2, 0.25) is 5.02 Å². The van der Waals surface area contributed by atoms with Crippen molar-refractivity contribution in [1.29, 1.82) is 0 Å². The zero-order valence-corrected chi connectivity index (χ0v) is 20.4. The minimum atomic E-state index is -0.766. The quantitative estimate of drug-likeness (QED) is 0.493. The molecular formula is C29H31ClN2O2. The highest BCUT2D eigenvalue weighted by Gasteiger charge is 2.33. The summed E-state index contributed by atoms with van der Waals surface area (Å²) in [6, 6.07) is 18.3. The van der Waals surface area contributed by atoms with E-state index in [1.165, 1.54) is 11.1 Å². The lowest BCUT2D eigenvalue weighted by Crippen LogP contribution is -2.42. The van der Waals surface area contributed by atoms with Gasteiger partial charge in [-0.3, -0.25) is 4.98 Å². The third kappa shape index (κ3) is 4.76. The van der Waals surface area contributed by atoms with Crippen LogP contribution in [0.4, 0.5) is 0 Å². The molecule has 0 atom stereocenters. The van der Waals surface area contributed by atoms with Crippen molar-refractivity contribution in [3.05, 3.63) is 99.8 Å². The number of hydrogen-bond donors (Lipinski definition) is 1. The van der Waals surface area contributed by atoms with Crippen LogP contribution in [0.3, 0.4) is 0 Å². The maximum atomic E-state index is 11.2. The molecule has 176 valence electrons. The van der Waals surface area contributed by atoms with Gasteiger partial charge in [0, 0.05) is 42.0 Å². The average Bonchev–Trinajstić information content (AvgIpc) is 3.02. The molecule has 2 aliphatic heterocycles. The lowest BCUT2D eigenvalue weighted by molar-refractivity contribution is -0.0254. The van der Waals surface area contributed by atoms with Gasteiger partial charge in [-0.15, -0.1) is 0 Å². The van der Waals surface area contributed by atoms with Gasteiger partial charge < -0.3 is 14.7 Å². The summed E-state index contributed by atoms with van der Waals surface area (Å²) in [5.41, 5.74) is 6.00. The molecule has 4 nitrogen and oxygen atoms in total. The Morgan fingerprint density at radius 3 is 2.65 bits per heavy atom. The van der Waals surface area contributed by atoms with Crippen molar-refractivity contribution in [3.8, 4) is 5.75 Å². The predicted molar refractivity (Wildman–Crippen MR) is 137 cm³/mol. The number of likely N-dealkylation sites (tertiary alicyclic amines) is 1. The molecule has 0 aliphatic carbocycles. The molecule has 3 aromatic rings. The van der Waals surface area contributed by atoms with E-state index in [0.29, 0.717) is 11.6 Å². The Morgan fingerprint density at radius 1 is 1.09 bits per heavy atom. The summed E-state index contributed by atoms with van der Waals surface area (Å²) in [5, 5.41) is 11.9. The van der Waals surface area contributed by atoms with E-state index >= 15 is 0 Å². The second-order valence-electron chi connectivity index (χ2n) is 9.26. The molecule has 0 amide bonds. The van der Waals surface area contributed by atoms with Crippen molar-refractivity contribution in [2.24, 2.45) is 0 Å². The number of rotatable bonds is 5. The van der Waals surface area contributed by atoms with E-state index in [-0.39, 0.29) is 0 Å². The van der Waals surface area contributed by atoms with Crippen LogP contribution in [-0.2, 0) is 18.6 Å². The van der Waals surface area contributed by atoms with Crippen molar-refractivity contribution >= 4 is 17.2 Å². The topological polar surface area (TPSA) is 45.6 Å². The van der Waals surface area contributed by atoms with Crippen molar-refractivity contribution in [3.63, 3.8) is 0 Å². The van der Waals surface area contributed by atoms with Gasteiger partial charge in [-0.1, -0.05) is 48.9 Å². The third-order valence-corrected chi connectivity index (χ3v) is 7.40. The first kappa shape index (κ1) is 23.1. The van der Waals surface area contributed by atoms with E-state index in [9.17, 15) is 5.11 Å². The number of aryl methyl sites for hydroxylation is 1. The van der Waals surface area contributed by atoms with Gasteiger partial charge in [0.15, 0.2) is 0 Å². The Bertz CT molecular complexity index is 1180. The lowest BCUT2D eigenvalue weighted by Gasteiger charge is -2.38. The minimum Gasteiger partial charge on any atom is -0.487 e. The Labute approximate surface area is 206 Å². The molecule has 0 saturated carbocycles. The Balaban J connectivity index is 1.31. The molecule has 0 unspecified atom stereocenters. The molecule has 1 saturated heterocycles. The molecule has 2 aliphatic rings. The first-order valence-corrected chi connectivity index (χ1v) is 12.5. The lowest BCUT2D eigenvalue weighted by atomic mass is 9.84. The monoisotopic (exact) mass is 474 g/mol. The van der Waals surface area contributed by atoms with E-state index in [0.717, 1.165) is 73.5 Å².